The minimum absolute atomic E-state index is 0.104. The van der Waals surface area contributed by atoms with Crippen molar-refractivity contribution in [1.29, 1.82) is 0 Å². The number of H-pyrrole nitrogens is 1. The number of hydrogen-bond donors (Lipinski definition) is 3. The number of aromatic nitrogens is 3. The molecule has 7 heteroatoms. The summed E-state index contributed by atoms with van der Waals surface area (Å²) >= 11 is 1.39. The first-order chi connectivity index (χ1) is 6.70. The van der Waals surface area contributed by atoms with E-state index in [1.54, 1.807) is 10.9 Å². The molecule has 2 aromatic rings. The fourth-order valence-corrected chi connectivity index (χ4v) is 1.58. The molecule has 0 radical (unpaired) electrons. The first-order valence-corrected chi connectivity index (χ1v) is 4.60. The number of anilines is 1. The second-order valence-corrected chi connectivity index (χ2v) is 3.26. The lowest BCUT2D eigenvalue weighted by atomic mass is 10.2. The monoisotopic (exact) mass is 210 g/mol. The van der Waals surface area contributed by atoms with E-state index in [4.69, 9.17) is 10.8 Å². The van der Waals surface area contributed by atoms with Gasteiger partial charge in [0, 0.05) is 5.38 Å². The van der Waals surface area contributed by atoms with Crippen molar-refractivity contribution in [1.82, 2.24) is 15.2 Å². The van der Waals surface area contributed by atoms with Crippen LogP contribution >= 0.6 is 11.3 Å². The van der Waals surface area contributed by atoms with Crippen LogP contribution in [0.4, 0.5) is 5.69 Å². The van der Waals surface area contributed by atoms with E-state index >= 15 is 0 Å². The molecule has 2 heterocycles. The Morgan fingerprint density at radius 2 is 2.43 bits per heavy atom. The Bertz CT molecular complexity index is 462. The number of nitrogens with two attached hydrogens (primary N) is 1. The summed E-state index contributed by atoms with van der Waals surface area (Å²) in [6.07, 6.45) is 0. The van der Waals surface area contributed by atoms with E-state index < -0.39 is 5.97 Å². The van der Waals surface area contributed by atoms with Gasteiger partial charge in [-0.05, 0) is 0 Å². The zero-order chi connectivity index (χ0) is 10.1. The van der Waals surface area contributed by atoms with Crippen molar-refractivity contribution in [2.75, 3.05) is 5.73 Å². The average Bonchev–Trinajstić information content (AvgIpc) is 2.71. The average molecular weight is 210 g/mol. The Morgan fingerprint density at radius 1 is 1.64 bits per heavy atom. The highest BCUT2D eigenvalue weighted by Crippen LogP contribution is 2.25. The summed E-state index contributed by atoms with van der Waals surface area (Å²) in [5, 5.41) is 16.6. The SMILES string of the molecule is Nc1c(-c2cscn2)n[nH]c1C(=O)O. The van der Waals surface area contributed by atoms with Gasteiger partial charge in [0.15, 0.2) is 5.69 Å². The molecule has 6 nitrogen and oxygen atoms in total. The minimum atomic E-state index is -1.13. The van der Waals surface area contributed by atoms with E-state index in [0.717, 1.165) is 0 Å². The Kier molecular flexibility index (Phi) is 1.93. The first-order valence-electron chi connectivity index (χ1n) is 3.66. The van der Waals surface area contributed by atoms with Gasteiger partial charge in [0.05, 0.1) is 11.2 Å². The van der Waals surface area contributed by atoms with E-state index in [1.165, 1.54) is 11.3 Å². The summed E-state index contributed by atoms with van der Waals surface area (Å²) in [5.41, 5.74) is 8.18. The van der Waals surface area contributed by atoms with E-state index in [1.807, 2.05) is 0 Å². The molecule has 0 saturated carbocycles. The number of carboxylic acids is 1. The molecule has 2 aromatic heterocycles. The Hall–Kier alpha value is -1.89. The molecule has 0 atom stereocenters. The van der Waals surface area contributed by atoms with Gasteiger partial charge in [0.25, 0.3) is 0 Å². The highest BCUT2D eigenvalue weighted by Gasteiger charge is 2.17. The number of carbonyl (C=O) groups is 1. The van der Waals surface area contributed by atoms with Crippen LogP contribution in [0.3, 0.4) is 0 Å². The van der Waals surface area contributed by atoms with E-state index in [-0.39, 0.29) is 11.4 Å². The molecule has 0 unspecified atom stereocenters. The zero-order valence-corrected chi connectivity index (χ0v) is 7.71. The predicted molar refractivity (Wildman–Crippen MR) is 51.1 cm³/mol. The second-order valence-electron chi connectivity index (χ2n) is 2.54. The molecule has 0 aliphatic carbocycles. The molecule has 0 fully saturated rings. The second kappa shape index (κ2) is 3.11. The summed E-state index contributed by atoms with van der Waals surface area (Å²) < 4.78 is 0. The Labute approximate surface area is 82.4 Å². The fourth-order valence-electron chi connectivity index (χ4n) is 1.04. The summed E-state index contributed by atoms with van der Waals surface area (Å²) in [7, 11) is 0. The number of thiazole rings is 1. The first kappa shape index (κ1) is 8.70. The molecule has 0 spiro atoms. The van der Waals surface area contributed by atoms with Crippen LogP contribution in [0.1, 0.15) is 10.5 Å². The molecule has 4 N–H and O–H groups in total. The van der Waals surface area contributed by atoms with Crippen LogP contribution in [0.25, 0.3) is 11.4 Å². The van der Waals surface area contributed by atoms with Crippen molar-refractivity contribution in [3.63, 3.8) is 0 Å². The van der Waals surface area contributed by atoms with Crippen molar-refractivity contribution in [3.05, 3.63) is 16.6 Å². The van der Waals surface area contributed by atoms with Gasteiger partial charge in [-0.3, -0.25) is 5.10 Å². The Balaban J connectivity index is 2.52. The van der Waals surface area contributed by atoms with Crippen molar-refractivity contribution in [3.8, 4) is 11.4 Å². The molecule has 0 aliphatic heterocycles. The molecular weight excluding hydrogens is 204 g/mol. The number of hydrogen-bond acceptors (Lipinski definition) is 5. The van der Waals surface area contributed by atoms with Gasteiger partial charge in [0.2, 0.25) is 0 Å². The van der Waals surface area contributed by atoms with E-state index in [0.29, 0.717) is 11.4 Å². The lowest BCUT2D eigenvalue weighted by molar-refractivity contribution is 0.0691. The lowest BCUT2D eigenvalue weighted by Gasteiger charge is -1.92. The minimum Gasteiger partial charge on any atom is -0.476 e. The van der Waals surface area contributed by atoms with Crippen molar-refractivity contribution >= 4 is 23.0 Å². The maximum Gasteiger partial charge on any atom is 0.356 e. The predicted octanol–water partition coefficient (Wildman–Crippen LogP) is 0.814. The molecule has 2 rings (SSSR count). The van der Waals surface area contributed by atoms with Gasteiger partial charge in [-0.25, -0.2) is 9.78 Å². The van der Waals surface area contributed by atoms with Crippen LogP contribution in [0, 0.1) is 0 Å². The van der Waals surface area contributed by atoms with E-state index in [9.17, 15) is 4.79 Å². The summed E-state index contributed by atoms with van der Waals surface area (Å²) in [6.45, 7) is 0. The summed E-state index contributed by atoms with van der Waals surface area (Å²) in [6, 6.07) is 0. The fraction of sp³-hybridized carbons (Fsp3) is 0. The number of aromatic carboxylic acids is 1. The number of aromatic amines is 1. The summed E-state index contributed by atoms with van der Waals surface area (Å²) in [4.78, 5) is 14.6. The number of nitrogen functional groups attached to an aromatic ring is 1. The normalized spacial score (nSPS) is 10.3. The van der Waals surface area contributed by atoms with Crippen LogP contribution in [-0.2, 0) is 0 Å². The molecular formula is C7H6N4O2S. The van der Waals surface area contributed by atoms with Gasteiger partial charge >= 0.3 is 5.97 Å². The summed E-state index contributed by atoms with van der Waals surface area (Å²) in [5.74, 6) is -1.13. The standard InChI is InChI=1S/C7H6N4O2S/c8-4-5(3-1-14-2-9-3)10-11-6(4)7(12)13/h1-2H,8H2,(H,10,11)(H,12,13). The number of nitrogens with zero attached hydrogens (tertiary/aromatic N) is 2. The highest BCUT2D eigenvalue weighted by molar-refractivity contribution is 7.07. The van der Waals surface area contributed by atoms with Crippen molar-refractivity contribution in [2.24, 2.45) is 0 Å². The number of rotatable bonds is 2. The molecule has 0 aromatic carbocycles. The molecule has 72 valence electrons. The van der Waals surface area contributed by atoms with Crippen LogP contribution in [0.15, 0.2) is 10.9 Å². The lowest BCUT2D eigenvalue weighted by Crippen LogP contribution is -2.01. The molecule has 0 aliphatic rings. The van der Waals surface area contributed by atoms with E-state index in [2.05, 4.69) is 15.2 Å². The molecule has 0 bridgehead atoms. The number of carboxylic acid groups (broad SMARTS) is 1. The topological polar surface area (TPSA) is 105 Å². The third-order valence-corrected chi connectivity index (χ3v) is 2.28. The Morgan fingerprint density at radius 3 is 2.93 bits per heavy atom. The van der Waals surface area contributed by atoms with Crippen LogP contribution in [-0.4, -0.2) is 26.3 Å². The highest BCUT2D eigenvalue weighted by atomic mass is 32.1. The van der Waals surface area contributed by atoms with Crippen molar-refractivity contribution < 1.29 is 9.90 Å². The van der Waals surface area contributed by atoms with Gasteiger partial charge in [-0.2, -0.15) is 5.10 Å². The van der Waals surface area contributed by atoms with Crippen LogP contribution in [0.5, 0.6) is 0 Å². The van der Waals surface area contributed by atoms with Gasteiger partial charge in [-0.1, -0.05) is 0 Å². The third-order valence-electron chi connectivity index (χ3n) is 1.69. The largest absolute Gasteiger partial charge is 0.476 e. The maximum absolute atomic E-state index is 10.6. The molecule has 0 amide bonds. The quantitative estimate of drug-likeness (QED) is 0.680. The third kappa shape index (κ3) is 1.23. The van der Waals surface area contributed by atoms with Gasteiger partial charge < -0.3 is 10.8 Å². The van der Waals surface area contributed by atoms with Crippen LogP contribution < -0.4 is 5.73 Å². The van der Waals surface area contributed by atoms with Gasteiger partial charge in [-0.15, -0.1) is 11.3 Å². The smallest absolute Gasteiger partial charge is 0.356 e. The molecule has 14 heavy (non-hydrogen) atoms. The molecule has 0 saturated heterocycles. The van der Waals surface area contributed by atoms with Crippen LogP contribution in [0.2, 0.25) is 0 Å². The van der Waals surface area contributed by atoms with Gasteiger partial charge in [0.1, 0.15) is 11.4 Å². The number of nitrogens with one attached hydrogen (secondary N) is 1. The van der Waals surface area contributed by atoms with Crippen molar-refractivity contribution in [2.45, 2.75) is 0 Å². The zero-order valence-electron chi connectivity index (χ0n) is 6.89. The maximum atomic E-state index is 10.6.